The van der Waals surface area contributed by atoms with Crippen LogP contribution in [0, 0.1) is 0 Å². The zero-order valence-electron chi connectivity index (χ0n) is 9.53. The first-order chi connectivity index (χ1) is 7.90. The Hall–Kier alpha value is -1.48. The van der Waals surface area contributed by atoms with Gasteiger partial charge in [0.25, 0.3) is 0 Å². The van der Waals surface area contributed by atoms with Crippen LogP contribution in [0.4, 0.5) is 0 Å². The van der Waals surface area contributed by atoms with Crippen molar-refractivity contribution in [3.05, 3.63) is 30.5 Å². The van der Waals surface area contributed by atoms with Gasteiger partial charge in [-0.05, 0) is 30.7 Å². The van der Waals surface area contributed by atoms with Crippen LogP contribution in [0.3, 0.4) is 0 Å². The van der Waals surface area contributed by atoms with Gasteiger partial charge in [0, 0.05) is 23.7 Å². The summed E-state index contributed by atoms with van der Waals surface area (Å²) < 4.78 is 10.9. The number of nitrogens with one attached hydrogen (secondary N) is 1. The second kappa shape index (κ2) is 5.56. The average Bonchev–Trinajstić information content (AvgIpc) is 2.76. The van der Waals surface area contributed by atoms with Gasteiger partial charge >= 0.3 is 0 Å². The maximum atomic E-state index is 5.59. The molecule has 0 saturated carbocycles. The van der Waals surface area contributed by atoms with Crippen LogP contribution < -0.4 is 4.74 Å². The van der Waals surface area contributed by atoms with Gasteiger partial charge in [-0.25, -0.2) is 0 Å². The number of aromatic nitrogens is 1. The molecule has 0 spiro atoms. The predicted octanol–water partition coefficient (Wildman–Crippen LogP) is 2.97. The van der Waals surface area contributed by atoms with Gasteiger partial charge in [0.15, 0.2) is 0 Å². The van der Waals surface area contributed by atoms with Gasteiger partial charge in [0.2, 0.25) is 0 Å². The molecule has 0 unspecified atom stereocenters. The first kappa shape index (κ1) is 11.0. The molecule has 1 N–H and O–H groups in total. The largest absolute Gasteiger partial charge is 0.491 e. The lowest BCUT2D eigenvalue weighted by molar-refractivity contribution is 0.101. The van der Waals surface area contributed by atoms with E-state index in [1.54, 1.807) is 0 Å². The lowest BCUT2D eigenvalue weighted by Gasteiger charge is -2.06. The van der Waals surface area contributed by atoms with Crippen molar-refractivity contribution in [3.8, 4) is 5.75 Å². The molecular formula is C13H17NO2. The van der Waals surface area contributed by atoms with Crippen LogP contribution in [0.2, 0.25) is 0 Å². The van der Waals surface area contributed by atoms with E-state index >= 15 is 0 Å². The number of aromatic amines is 1. The van der Waals surface area contributed by atoms with Gasteiger partial charge in [-0.15, -0.1) is 0 Å². The highest BCUT2D eigenvalue weighted by atomic mass is 16.5. The molecule has 0 aliphatic rings. The highest BCUT2D eigenvalue weighted by molar-refractivity contribution is 5.80. The maximum Gasteiger partial charge on any atom is 0.120 e. The molecule has 0 atom stereocenters. The second-order valence-electron chi connectivity index (χ2n) is 3.69. The van der Waals surface area contributed by atoms with Gasteiger partial charge in [-0.2, -0.15) is 0 Å². The molecule has 2 rings (SSSR count). The smallest absolute Gasteiger partial charge is 0.120 e. The molecule has 1 aromatic carbocycles. The normalized spacial score (nSPS) is 10.8. The fraction of sp³-hybridized carbons (Fsp3) is 0.385. The lowest BCUT2D eigenvalue weighted by atomic mass is 10.2. The lowest BCUT2D eigenvalue weighted by Crippen LogP contribution is -2.06. The third-order valence-electron chi connectivity index (χ3n) is 2.37. The molecule has 0 amide bonds. The van der Waals surface area contributed by atoms with E-state index in [0.29, 0.717) is 13.2 Å². The molecule has 2 aromatic rings. The van der Waals surface area contributed by atoms with Gasteiger partial charge in [-0.3, -0.25) is 0 Å². The Balaban J connectivity index is 1.84. The first-order valence-corrected chi connectivity index (χ1v) is 5.68. The number of rotatable bonds is 6. The van der Waals surface area contributed by atoms with Gasteiger partial charge in [-0.1, -0.05) is 6.92 Å². The molecule has 0 fully saturated rings. The van der Waals surface area contributed by atoms with E-state index in [1.807, 2.05) is 30.5 Å². The minimum atomic E-state index is 0.607. The summed E-state index contributed by atoms with van der Waals surface area (Å²) in [4.78, 5) is 3.15. The van der Waals surface area contributed by atoms with Crippen molar-refractivity contribution in [1.82, 2.24) is 4.98 Å². The third kappa shape index (κ3) is 2.76. The summed E-state index contributed by atoms with van der Waals surface area (Å²) in [6, 6.07) is 8.07. The Morgan fingerprint density at radius 1 is 1.12 bits per heavy atom. The van der Waals surface area contributed by atoms with Crippen LogP contribution in [0.1, 0.15) is 13.3 Å². The maximum absolute atomic E-state index is 5.59. The number of fused-ring (bicyclic) bond motifs is 1. The van der Waals surface area contributed by atoms with Crippen molar-refractivity contribution in [3.63, 3.8) is 0 Å². The predicted molar refractivity (Wildman–Crippen MR) is 64.9 cm³/mol. The van der Waals surface area contributed by atoms with Gasteiger partial charge in [0.1, 0.15) is 12.4 Å². The van der Waals surface area contributed by atoms with Crippen LogP contribution in [0.25, 0.3) is 10.9 Å². The summed E-state index contributed by atoms with van der Waals surface area (Å²) in [7, 11) is 0. The van der Waals surface area contributed by atoms with E-state index < -0.39 is 0 Å². The fourth-order valence-corrected chi connectivity index (χ4v) is 1.59. The zero-order valence-corrected chi connectivity index (χ0v) is 9.53. The van der Waals surface area contributed by atoms with Crippen LogP contribution >= 0.6 is 0 Å². The van der Waals surface area contributed by atoms with Crippen molar-refractivity contribution in [2.75, 3.05) is 19.8 Å². The third-order valence-corrected chi connectivity index (χ3v) is 2.37. The second-order valence-corrected chi connectivity index (χ2v) is 3.69. The van der Waals surface area contributed by atoms with Crippen LogP contribution in [0.5, 0.6) is 5.75 Å². The van der Waals surface area contributed by atoms with Crippen molar-refractivity contribution in [1.29, 1.82) is 0 Å². The Morgan fingerprint density at radius 3 is 2.94 bits per heavy atom. The zero-order chi connectivity index (χ0) is 11.2. The minimum absolute atomic E-state index is 0.607. The molecular weight excluding hydrogens is 202 g/mol. The SMILES string of the molecule is CCCOCCOc1ccc2[nH]ccc2c1. The summed E-state index contributed by atoms with van der Waals surface area (Å²) in [6.45, 7) is 4.16. The fourth-order valence-electron chi connectivity index (χ4n) is 1.59. The number of H-pyrrole nitrogens is 1. The minimum Gasteiger partial charge on any atom is -0.491 e. The monoisotopic (exact) mass is 219 g/mol. The Labute approximate surface area is 95.4 Å². The van der Waals surface area contributed by atoms with Gasteiger partial charge < -0.3 is 14.5 Å². The highest BCUT2D eigenvalue weighted by Gasteiger charge is 1.97. The highest BCUT2D eigenvalue weighted by Crippen LogP contribution is 2.19. The molecule has 16 heavy (non-hydrogen) atoms. The first-order valence-electron chi connectivity index (χ1n) is 5.68. The van der Waals surface area contributed by atoms with Crippen molar-refractivity contribution in [2.24, 2.45) is 0 Å². The van der Waals surface area contributed by atoms with Crippen molar-refractivity contribution in [2.45, 2.75) is 13.3 Å². The summed E-state index contributed by atoms with van der Waals surface area (Å²) in [5, 5.41) is 1.17. The molecule has 3 heteroatoms. The van der Waals surface area contributed by atoms with Crippen molar-refractivity contribution < 1.29 is 9.47 Å². The Kier molecular flexibility index (Phi) is 3.83. The topological polar surface area (TPSA) is 34.2 Å². The van der Waals surface area contributed by atoms with Crippen molar-refractivity contribution >= 4 is 10.9 Å². The molecule has 0 aliphatic carbocycles. The molecule has 3 nitrogen and oxygen atoms in total. The van der Waals surface area contributed by atoms with E-state index in [-0.39, 0.29) is 0 Å². The number of hydrogen-bond donors (Lipinski definition) is 1. The summed E-state index contributed by atoms with van der Waals surface area (Å²) in [5.74, 6) is 0.896. The van der Waals surface area contributed by atoms with E-state index in [0.717, 1.165) is 24.3 Å². The summed E-state index contributed by atoms with van der Waals surface area (Å²) in [6.07, 6.45) is 2.98. The quantitative estimate of drug-likeness (QED) is 0.758. The molecule has 0 aliphatic heterocycles. The Bertz CT molecular complexity index is 436. The molecule has 0 radical (unpaired) electrons. The van der Waals surface area contributed by atoms with E-state index in [1.165, 1.54) is 5.39 Å². The molecule has 0 saturated heterocycles. The van der Waals surface area contributed by atoms with Crippen LogP contribution in [-0.2, 0) is 4.74 Å². The van der Waals surface area contributed by atoms with E-state index in [9.17, 15) is 0 Å². The number of benzene rings is 1. The van der Waals surface area contributed by atoms with Crippen LogP contribution in [0.15, 0.2) is 30.5 Å². The molecule has 1 heterocycles. The summed E-state index contributed by atoms with van der Waals surface area (Å²) in [5.41, 5.74) is 1.13. The summed E-state index contributed by atoms with van der Waals surface area (Å²) >= 11 is 0. The Morgan fingerprint density at radius 2 is 2.06 bits per heavy atom. The average molecular weight is 219 g/mol. The van der Waals surface area contributed by atoms with E-state index in [2.05, 4.69) is 11.9 Å². The molecule has 0 bridgehead atoms. The molecule has 1 aromatic heterocycles. The standard InChI is InChI=1S/C13H17NO2/c1-2-7-15-8-9-16-12-3-4-13-11(10-12)5-6-14-13/h3-6,10,14H,2,7-9H2,1H3. The van der Waals surface area contributed by atoms with E-state index in [4.69, 9.17) is 9.47 Å². The number of ether oxygens (including phenoxy) is 2. The molecule has 86 valence electrons. The van der Waals surface area contributed by atoms with Gasteiger partial charge in [0.05, 0.1) is 6.61 Å². The van der Waals surface area contributed by atoms with Crippen LogP contribution in [-0.4, -0.2) is 24.8 Å². The number of hydrogen-bond acceptors (Lipinski definition) is 2.